The van der Waals surface area contributed by atoms with Gasteiger partial charge in [-0.15, -0.1) is 0 Å². The second kappa shape index (κ2) is 8.59. The van der Waals surface area contributed by atoms with Crippen LogP contribution in [0.5, 0.6) is 11.5 Å². The normalized spacial score (nSPS) is 10.8. The monoisotopic (exact) mass is 429 g/mol. The number of benzene rings is 3. The Balaban J connectivity index is 1.61. The summed E-state index contributed by atoms with van der Waals surface area (Å²) < 4.78 is 16.3. The average Bonchev–Trinajstić information content (AvgIpc) is 3.14. The molecule has 0 aliphatic rings. The molecule has 0 fully saturated rings. The Morgan fingerprint density at radius 3 is 2.19 bits per heavy atom. The largest absolute Gasteiger partial charge is 0.493 e. The summed E-state index contributed by atoms with van der Waals surface area (Å²) in [7, 11) is 3.06. The molecule has 1 heterocycles. The van der Waals surface area contributed by atoms with Crippen LogP contribution in [-0.2, 0) is 0 Å². The molecule has 6 nitrogen and oxygen atoms in total. The van der Waals surface area contributed by atoms with E-state index in [4.69, 9.17) is 13.9 Å². The lowest BCUT2D eigenvalue weighted by molar-refractivity contribution is 0.101. The van der Waals surface area contributed by atoms with Crippen LogP contribution in [0, 0.1) is 13.8 Å². The molecule has 0 spiro atoms. The smallest absolute Gasteiger partial charge is 0.255 e. The zero-order valence-electron chi connectivity index (χ0n) is 18.3. The number of rotatable bonds is 6. The highest BCUT2D eigenvalue weighted by molar-refractivity contribution is 6.11. The Hall–Kier alpha value is -4.06. The van der Waals surface area contributed by atoms with Crippen LogP contribution >= 0.6 is 0 Å². The average molecular weight is 429 g/mol. The molecule has 6 heteroatoms. The van der Waals surface area contributed by atoms with Gasteiger partial charge in [0.25, 0.3) is 5.91 Å². The molecule has 0 saturated heterocycles. The fourth-order valence-electron chi connectivity index (χ4n) is 3.53. The predicted molar refractivity (Wildman–Crippen MR) is 123 cm³/mol. The molecule has 0 radical (unpaired) electrons. The SMILES string of the molecule is COc1ccc(C(=O)Nc2ccc3oc(C(=O)c4ccc(C)cc4)c(C)c3c2)cc1OC. The summed E-state index contributed by atoms with van der Waals surface area (Å²) in [6, 6.07) is 17.6. The van der Waals surface area contributed by atoms with Crippen molar-refractivity contribution in [2.45, 2.75) is 13.8 Å². The van der Waals surface area contributed by atoms with Gasteiger partial charge in [-0.25, -0.2) is 0 Å². The van der Waals surface area contributed by atoms with Gasteiger partial charge in [0.2, 0.25) is 5.78 Å². The van der Waals surface area contributed by atoms with Crippen molar-refractivity contribution in [1.29, 1.82) is 0 Å². The maximum atomic E-state index is 12.9. The van der Waals surface area contributed by atoms with Crippen molar-refractivity contribution in [3.8, 4) is 11.5 Å². The highest BCUT2D eigenvalue weighted by Gasteiger charge is 2.20. The zero-order chi connectivity index (χ0) is 22.8. The maximum Gasteiger partial charge on any atom is 0.255 e. The van der Waals surface area contributed by atoms with E-state index in [1.807, 2.05) is 26.0 Å². The van der Waals surface area contributed by atoms with Gasteiger partial charge in [-0.2, -0.15) is 0 Å². The molecule has 162 valence electrons. The molecular formula is C26H23NO5. The first-order valence-electron chi connectivity index (χ1n) is 10.1. The Labute approximate surface area is 185 Å². The lowest BCUT2D eigenvalue weighted by Crippen LogP contribution is -2.12. The van der Waals surface area contributed by atoms with Crippen molar-refractivity contribution in [2.24, 2.45) is 0 Å². The quantitative estimate of drug-likeness (QED) is 0.407. The van der Waals surface area contributed by atoms with Crippen molar-refractivity contribution in [1.82, 2.24) is 0 Å². The van der Waals surface area contributed by atoms with Gasteiger partial charge in [0, 0.05) is 27.8 Å². The minimum absolute atomic E-state index is 0.172. The molecule has 32 heavy (non-hydrogen) atoms. The van der Waals surface area contributed by atoms with Crippen LogP contribution in [0.2, 0.25) is 0 Å². The number of hydrogen-bond donors (Lipinski definition) is 1. The first kappa shape index (κ1) is 21.2. The standard InChI is InChI=1S/C26H23NO5/c1-15-5-7-17(8-6-15)24(28)25-16(2)20-14-19(10-12-21(20)32-25)27-26(29)18-9-11-22(30-3)23(13-18)31-4/h5-14H,1-4H3,(H,27,29). The molecule has 0 saturated carbocycles. The summed E-state index contributed by atoms with van der Waals surface area (Å²) in [5.74, 6) is 0.857. The third-order valence-electron chi connectivity index (χ3n) is 5.36. The molecule has 0 aliphatic heterocycles. The highest BCUT2D eigenvalue weighted by atomic mass is 16.5. The number of carbonyl (C=O) groups is 2. The van der Waals surface area contributed by atoms with Crippen LogP contribution in [0.4, 0.5) is 5.69 Å². The van der Waals surface area contributed by atoms with Crippen molar-refractivity contribution >= 4 is 28.3 Å². The zero-order valence-corrected chi connectivity index (χ0v) is 18.3. The van der Waals surface area contributed by atoms with E-state index < -0.39 is 0 Å². The Morgan fingerprint density at radius 2 is 1.50 bits per heavy atom. The number of methoxy groups -OCH3 is 2. The number of amides is 1. The van der Waals surface area contributed by atoms with Crippen LogP contribution < -0.4 is 14.8 Å². The molecule has 1 aromatic heterocycles. The van der Waals surface area contributed by atoms with Gasteiger partial charge in [-0.05, 0) is 50.2 Å². The second-order valence-electron chi connectivity index (χ2n) is 7.49. The van der Waals surface area contributed by atoms with Gasteiger partial charge >= 0.3 is 0 Å². The molecule has 1 amide bonds. The summed E-state index contributed by atoms with van der Waals surface area (Å²) in [6.45, 7) is 3.81. The molecule has 0 aliphatic carbocycles. The van der Waals surface area contributed by atoms with Crippen LogP contribution in [-0.4, -0.2) is 25.9 Å². The summed E-state index contributed by atoms with van der Waals surface area (Å²) in [5.41, 5.74) is 3.99. The third kappa shape index (κ3) is 3.95. The van der Waals surface area contributed by atoms with Gasteiger partial charge in [0.1, 0.15) is 5.58 Å². The number of fused-ring (bicyclic) bond motifs is 1. The minimum atomic E-state index is -0.289. The van der Waals surface area contributed by atoms with E-state index in [0.29, 0.717) is 39.7 Å². The van der Waals surface area contributed by atoms with Crippen molar-refractivity contribution in [3.63, 3.8) is 0 Å². The first-order chi connectivity index (χ1) is 15.4. The van der Waals surface area contributed by atoms with Crippen molar-refractivity contribution in [3.05, 3.63) is 88.7 Å². The van der Waals surface area contributed by atoms with Crippen LogP contribution in [0.1, 0.15) is 37.6 Å². The Kier molecular flexibility index (Phi) is 5.69. The molecule has 0 atom stereocenters. The van der Waals surface area contributed by atoms with E-state index in [1.165, 1.54) is 14.2 Å². The van der Waals surface area contributed by atoms with E-state index in [2.05, 4.69) is 5.32 Å². The van der Waals surface area contributed by atoms with Crippen LogP contribution in [0.3, 0.4) is 0 Å². The fraction of sp³-hybridized carbons (Fsp3) is 0.154. The van der Waals surface area contributed by atoms with Crippen molar-refractivity contribution < 1.29 is 23.5 Å². The van der Waals surface area contributed by atoms with Crippen molar-refractivity contribution in [2.75, 3.05) is 19.5 Å². The van der Waals surface area contributed by atoms with E-state index in [-0.39, 0.29) is 11.7 Å². The number of nitrogens with one attached hydrogen (secondary N) is 1. The van der Waals surface area contributed by atoms with Gasteiger partial charge in [-0.3, -0.25) is 9.59 Å². The molecule has 4 rings (SSSR count). The molecule has 3 aromatic carbocycles. The molecule has 0 bridgehead atoms. The lowest BCUT2D eigenvalue weighted by Gasteiger charge is -2.10. The number of ether oxygens (including phenoxy) is 2. The van der Waals surface area contributed by atoms with Gasteiger partial charge < -0.3 is 19.2 Å². The van der Waals surface area contributed by atoms with Crippen LogP contribution in [0.25, 0.3) is 11.0 Å². The lowest BCUT2D eigenvalue weighted by atomic mass is 10.0. The van der Waals surface area contributed by atoms with Crippen LogP contribution in [0.15, 0.2) is 65.1 Å². The fourth-order valence-corrected chi connectivity index (χ4v) is 3.53. The van der Waals surface area contributed by atoms with E-state index in [1.54, 1.807) is 48.5 Å². The third-order valence-corrected chi connectivity index (χ3v) is 5.36. The minimum Gasteiger partial charge on any atom is -0.493 e. The van der Waals surface area contributed by atoms with Gasteiger partial charge in [0.15, 0.2) is 17.3 Å². The summed E-state index contributed by atoms with van der Waals surface area (Å²) in [6.07, 6.45) is 0. The highest BCUT2D eigenvalue weighted by Crippen LogP contribution is 2.31. The number of furan rings is 1. The van der Waals surface area contributed by atoms with E-state index >= 15 is 0 Å². The number of anilines is 1. The topological polar surface area (TPSA) is 77.8 Å². The Morgan fingerprint density at radius 1 is 0.812 bits per heavy atom. The summed E-state index contributed by atoms with van der Waals surface area (Å²) in [5, 5.41) is 3.65. The Bertz CT molecular complexity index is 1320. The number of ketones is 1. The number of carbonyl (C=O) groups excluding carboxylic acids is 2. The molecule has 0 unspecified atom stereocenters. The summed E-state index contributed by atoms with van der Waals surface area (Å²) in [4.78, 5) is 25.7. The predicted octanol–water partition coefficient (Wildman–Crippen LogP) is 5.55. The first-order valence-corrected chi connectivity index (χ1v) is 10.1. The molecular weight excluding hydrogens is 406 g/mol. The van der Waals surface area contributed by atoms with Gasteiger partial charge in [0.05, 0.1) is 14.2 Å². The second-order valence-corrected chi connectivity index (χ2v) is 7.49. The number of hydrogen-bond acceptors (Lipinski definition) is 5. The number of aryl methyl sites for hydroxylation is 2. The van der Waals surface area contributed by atoms with E-state index in [9.17, 15) is 9.59 Å². The van der Waals surface area contributed by atoms with E-state index in [0.717, 1.165) is 16.5 Å². The summed E-state index contributed by atoms with van der Waals surface area (Å²) >= 11 is 0. The molecule has 4 aromatic rings. The maximum absolute atomic E-state index is 12.9. The van der Waals surface area contributed by atoms with Gasteiger partial charge in [-0.1, -0.05) is 29.8 Å². The molecule has 1 N–H and O–H groups in total.